The number of hydrogen-bond donors (Lipinski definition) is 3. The average Bonchev–Trinajstić information content (AvgIpc) is 3.07. The van der Waals surface area contributed by atoms with Crippen molar-refractivity contribution in [3.05, 3.63) is 12.2 Å². The lowest BCUT2D eigenvalue weighted by Gasteiger charge is -2.21. The van der Waals surface area contributed by atoms with Crippen molar-refractivity contribution in [3.63, 3.8) is 0 Å². The van der Waals surface area contributed by atoms with E-state index in [2.05, 4.69) is 12.0 Å². The lowest BCUT2D eigenvalue weighted by molar-refractivity contribution is -0.122. The number of aliphatic hydroxyl groups is 3. The van der Waals surface area contributed by atoms with E-state index in [1.807, 2.05) is 6.08 Å². The van der Waals surface area contributed by atoms with Crippen LogP contribution >= 0.6 is 0 Å². The Kier molecular flexibility index (Phi) is 12.8. The first-order valence-electron chi connectivity index (χ1n) is 11.5. The molecule has 0 saturated heterocycles. The topological polar surface area (TPSA) is 94.8 Å². The molecular formula is C25H40O5. The van der Waals surface area contributed by atoms with Crippen LogP contribution in [-0.4, -0.2) is 45.2 Å². The quantitative estimate of drug-likeness (QED) is 0.201. The minimum atomic E-state index is -1.17. The van der Waals surface area contributed by atoms with Crippen LogP contribution in [0, 0.1) is 24.2 Å². The molecule has 5 heteroatoms. The second kappa shape index (κ2) is 14.5. The first-order chi connectivity index (χ1) is 14.3. The summed E-state index contributed by atoms with van der Waals surface area (Å²) in [5, 5.41) is 28.6. The molecule has 5 nitrogen and oxygen atoms in total. The predicted octanol–water partition coefficient (Wildman–Crippen LogP) is 3.74. The van der Waals surface area contributed by atoms with Gasteiger partial charge in [0.05, 0.1) is 6.10 Å². The maximum absolute atomic E-state index is 12.3. The molecule has 1 aliphatic rings. The summed E-state index contributed by atoms with van der Waals surface area (Å²) in [5.74, 6) is 2.99. The fourth-order valence-electron chi connectivity index (χ4n) is 4.19. The van der Waals surface area contributed by atoms with Gasteiger partial charge in [0.25, 0.3) is 0 Å². The van der Waals surface area contributed by atoms with Crippen LogP contribution < -0.4 is 0 Å². The van der Waals surface area contributed by atoms with E-state index in [0.29, 0.717) is 37.9 Å². The molecule has 3 N–H and O–H groups in total. The number of hydrogen-bond acceptors (Lipinski definition) is 5. The van der Waals surface area contributed by atoms with Gasteiger partial charge in [0, 0.05) is 25.2 Å². The minimum absolute atomic E-state index is 0.0466. The van der Waals surface area contributed by atoms with Crippen molar-refractivity contribution in [3.8, 4) is 12.3 Å². The van der Waals surface area contributed by atoms with Gasteiger partial charge in [-0.1, -0.05) is 43.8 Å². The predicted molar refractivity (Wildman–Crippen MR) is 119 cm³/mol. The maximum atomic E-state index is 12.3. The van der Waals surface area contributed by atoms with E-state index < -0.39 is 5.60 Å². The van der Waals surface area contributed by atoms with E-state index >= 15 is 0 Å². The van der Waals surface area contributed by atoms with E-state index in [1.54, 1.807) is 6.92 Å². The SMILES string of the molecule is C#C[C@](O)(CC=C[C@H]1CCC(=O)[C@@H]1CCCCCCC(=O)CO)CCCCC(C)O. The third kappa shape index (κ3) is 10.5. The summed E-state index contributed by atoms with van der Waals surface area (Å²) in [5.41, 5.74) is -1.17. The third-order valence-corrected chi connectivity index (χ3v) is 6.12. The second-order valence-corrected chi connectivity index (χ2v) is 8.83. The molecule has 0 spiro atoms. The fraction of sp³-hybridized carbons (Fsp3) is 0.760. The van der Waals surface area contributed by atoms with Gasteiger partial charge in [0.15, 0.2) is 5.78 Å². The van der Waals surface area contributed by atoms with Gasteiger partial charge >= 0.3 is 0 Å². The second-order valence-electron chi connectivity index (χ2n) is 8.83. The molecule has 4 atom stereocenters. The molecule has 1 fully saturated rings. The Morgan fingerprint density at radius 1 is 1.27 bits per heavy atom. The van der Waals surface area contributed by atoms with Gasteiger partial charge in [-0.05, 0) is 51.4 Å². The molecule has 0 amide bonds. The Morgan fingerprint density at radius 3 is 2.67 bits per heavy atom. The lowest BCUT2D eigenvalue weighted by Crippen LogP contribution is -2.25. The van der Waals surface area contributed by atoms with E-state index in [0.717, 1.165) is 51.4 Å². The highest BCUT2D eigenvalue weighted by atomic mass is 16.3. The monoisotopic (exact) mass is 420 g/mol. The summed E-state index contributed by atoms with van der Waals surface area (Å²) in [7, 11) is 0. The molecule has 1 saturated carbocycles. The Morgan fingerprint density at radius 2 is 2.00 bits per heavy atom. The van der Waals surface area contributed by atoms with Crippen LogP contribution in [0.1, 0.15) is 90.4 Å². The smallest absolute Gasteiger partial charge is 0.158 e. The molecule has 0 bridgehead atoms. The summed E-state index contributed by atoms with van der Waals surface area (Å²) in [4.78, 5) is 23.4. The van der Waals surface area contributed by atoms with Crippen LogP contribution in [-0.2, 0) is 9.59 Å². The molecular weight excluding hydrogens is 380 g/mol. The van der Waals surface area contributed by atoms with Gasteiger partial charge < -0.3 is 15.3 Å². The summed E-state index contributed by atoms with van der Waals surface area (Å²) >= 11 is 0. The van der Waals surface area contributed by atoms with Gasteiger partial charge in [-0.15, -0.1) is 6.42 Å². The van der Waals surface area contributed by atoms with Crippen LogP contribution in [0.15, 0.2) is 12.2 Å². The first kappa shape index (κ1) is 26.6. The molecule has 0 aromatic heterocycles. The summed E-state index contributed by atoms with van der Waals surface area (Å²) in [6.07, 6.45) is 18.9. The Balaban J connectivity index is 2.38. The lowest BCUT2D eigenvalue weighted by atomic mass is 9.88. The number of ketones is 2. The van der Waals surface area contributed by atoms with Crippen LogP contribution in [0.4, 0.5) is 0 Å². The first-order valence-corrected chi connectivity index (χ1v) is 11.5. The number of allylic oxidation sites excluding steroid dienone is 1. The molecule has 0 radical (unpaired) electrons. The molecule has 1 aliphatic carbocycles. The number of terminal acetylenes is 1. The van der Waals surface area contributed by atoms with Crippen LogP contribution in [0.3, 0.4) is 0 Å². The zero-order chi connectivity index (χ0) is 22.4. The van der Waals surface area contributed by atoms with E-state index in [1.165, 1.54) is 0 Å². The minimum Gasteiger partial charge on any atom is -0.393 e. The Bertz CT molecular complexity index is 589. The highest BCUT2D eigenvalue weighted by Gasteiger charge is 2.32. The van der Waals surface area contributed by atoms with Crippen LogP contribution in [0.2, 0.25) is 0 Å². The number of Topliss-reactive ketones (excluding diaryl/α,β-unsaturated/α-hetero) is 2. The summed E-state index contributed by atoms with van der Waals surface area (Å²) < 4.78 is 0. The van der Waals surface area contributed by atoms with Gasteiger partial charge in [0.1, 0.15) is 18.0 Å². The van der Waals surface area contributed by atoms with E-state index in [9.17, 15) is 19.8 Å². The molecule has 0 aliphatic heterocycles. The van der Waals surface area contributed by atoms with Crippen molar-refractivity contribution in [2.75, 3.05) is 6.61 Å². The fourth-order valence-corrected chi connectivity index (χ4v) is 4.19. The highest BCUT2D eigenvalue weighted by Crippen LogP contribution is 2.34. The molecule has 1 rings (SSSR count). The number of rotatable bonds is 16. The largest absolute Gasteiger partial charge is 0.393 e. The van der Waals surface area contributed by atoms with Gasteiger partial charge in [-0.25, -0.2) is 0 Å². The normalized spacial score (nSPS) is 22.2. The van der Waals surface area contributed by atoms with Crippen molar-refractivity contribution in [2.24, 2.45) is 11.8 Å². The summed E-state index contributed by atoms with van der Waals surface area (Å²) in [6.45, 7) is 1.38. The van der Waals surface area contributed by atoms with E-state index in [4.69, 9.17) is 11.5 Å². The van der Waals surface area contributed by atoms with E-state index in [-0.39, 0.29) is 30.3 Å². The van der Waals surface area contributed by atoms with Crippen molar-refractivity contribution < 1.29 is 24.9 Å². The molecule has 0 aromatic rings. The molecule has 0 aromatic carbocycles. The molecule has 0 heterocycles. The molecule has 30 heavy (non-hydrogen) atoms. The standard InChI is InChI=1S/C25H40O5/c1-3-25(30,17-9-8-11-20(2)27)18-10-12-21-15-16-24(29)23(21)14-7-5-4-6-13-22(28)19-26/h1,10,12,20-21,23,26-27,30H,4-9,11,13-19H2,2H3/t20?,21-,23+,25+/m0/s1. The number of unbranched alkanes of at least 4 members (excludes halogenated alkanes) is 4. The van der Waals surface area contributed by atoms with Crippen molar-refractivity contribution in [1.29, 1.82) is 0 Å². The number of carbonyl (C=O) groups is 2. The average molecular weight is 421 g/mol. The summed E-state index contributed by atoms with van der Waals surface area (Å²) in [6, 6.07) is 0. The Labute approximate surface area is 182 Å². The van der Waals surface area contributed by atoms with Crippen molar-refractivity contribution in [2.45, 2.75) is 102 Å². The molecule has 170 valence electrons. The van der Waals surface area contributed by atoms with Crippen molar-refractivity contribution >= 4 is 11.6 Å². The molecule has 1 unspecified atom stereocenters. The van der Waals surface area contributed by atoms with Crippen molar-refractivity contribution in [1.82, 2.24) is 0 Å². The van der Waals surface area contributed by atoms with Gasteiger partial charge in [0.2, 0.25) is 0 Å². The highest BCUT2D eigenvalue weighted by molar-refractivity contribution is 5.83. The Hall–Kier alpha value is -1.48. The van der Waals surface area contributed by atoms with Gasteiger partial charge in [-0.3, -0.25) is 9.59 Å². The maximum Gasteiger partial charge on any atom is 0.158 e. The zero-order valence-electron chi connectivity index (χ0n) is 18.5. The number of carbonyl (C=O) groups excluding carboxylic acids is 2. The third-order valence-electron chi connectivity index (χ3n) is 6.12. The van der Waals surface area contributed by atoms with Crippen LogP contribution in [0.5, 0.6) is 0 Å². The zero-order valence-corrected chi connectivity index (χ0v) is 18.5. The van der Waals surface area contributed by atoms with Crippen LogP contribution in [0.25, 0.3) is 0 Å². The number of aliphatic hydroxyl groups excluding tert-OH is 2. The van der Waals surface area contributed by atoms with Gasteiger partial charge in [-0.2, -0.15) is 0 Å².